The zero-order valence-electron chi connectivity index (χ0n) is 21.8. The molecule has 42 heavy (non-hydrogen) atoms. The number of hydrogen-bond acceptors (Lipinski definition) is 5. The van der Waals surface area contributed by atoms with Gasteiger partial charge in [-0.1, -0.05) is 76.7 Å². The summed E-state index contributed by atoms with van der Waals surface area (Å²) in [6, 6.07) is 23.1. The van der Waals surface area contributed by atoms with Gasteiger partial charge in [-0.05, 0) is 61.0 Å². The van der Waals surface area contributed by atoms with Gasteiger partial charge in [0.25, 0.3) is 5.91 Å². The zero-order chi connectivity index (χ0) is 30.4. The van der Waals surface area contributed by atoms with Crippen LogP contribution in [-0.4, -0.2) is 29.5 Å². The van der Waals surface area contributed by atoms with Crippen LogP contribution < -0.4 is 15.4 Å². The van der Waals surface area contributed by atoms with Crippen LogP contribution in [-0.2, 0) is 4.79 Å². The van der Waals surface area contributed by atoms with Crippen LogP contribution in [0.1, 0.15) is 38.5 Å². The van der Waals surface area contributed by atoms with Gasteiger partial charge in [-0.25, -0.2) is 4.79 Å². The molecule has 0 aliphatic heterocycles. The van der Waals surface area contributed by atoms with E-state index in [4.69, 9.17) is 51.1 Å². The lowest BCUT2D eigenvalue weighted by Gasteiger charge is -2.18. The second-order valence-corrected chi connectivity index (χ2v) is 11.3. The van der Waals surface area contributed by atoms with Gasteiger partial charge in [-0.3, -0.25) is 9.59 Å². The molecule has 0 aromatic heterocycles. The van der Waals surface area contributed by atoms with E-state index in [1.807, 2.05) is 37.3 Å². The molecule has 12 heteroatoms. The number of benzene rings is 4. The van der Waals surface area contributed by atoms with Crippen molar-refractivity contribution in [2.75, 3.05) is 17.2 Å². The maximum atomic E-state index is 13.4. The number of thioether (sulfide) groups is 1. The van der Waals surface area contributed by atoms with Gasteiger partial charge in [-0.15, -0.1) is 11.8 Å². The second kappa shape index (κ2) is 14.2. The smallest absolute Gasteiger partial charge is 0.338 e. The lowest BCUT2D eigenvalue weighted by Crippen LogP contribution is -2.19. The molecule has 0 radical (unpaired) electrons. The molecule has 1 unspecified atom stereocenters. The number of anilines is 2. The van der Waals surface area contributed by atoms with E-state index in [1.54, 1.807) is 48.5 Å². The molecule has 0 aliphatic rings. The molecule has 4 aromatic carbocycles. The first-order valence-electron chi connectivity index (χ1n) is 12.4. The number of amides is 2. The van der Waals surface area contributed by atoms with Crippen LogP contribution >= 0.6 is 58.2 Å². The summed E-state index contributed by atoms with van der Waals surface area (Å²) in [4.78, 5) is 39.0. The molecular weight excluding hydrogens is 642 g/mol. The molecule has 4 rings (SSSR count). The van der Waals surface area contributed by atoms with Crippen LogP contribution in [0.4, 0.5) is 11.4 Å². The van der Waals surface area contributed by atoms with Crippen LogP contribution in [0.2, 0.25) is 20.1 Å². The van der Waals surface area contributed by atoms with E-state index >= 15 is 0 Å². The van der Waals surface area contributed by atoms with Crippen molar-refractivity contribution < 1.29 is 24.2 Å². The topological polar surface area (TPSA) is 105 Å². The summed E-state index contributed by atoms with van der Waals surface area (Å²) in [5, 5.41) is 13.4. The van der Waals surface area contributed by atoms with Gasteiger partial charge in [0.1, 0.15) is 11.0 Å². The number of rotatable bonds is 10. The predicted octanol–water partition coefficient (Wildman–Crippen LogP) is 9.12. The molecule has 2 amide bonds. The Kier molecular flexibility index (Phi) is 10.6. The number of carbonyl (C=O) groups is 3. The zero-order valence-corrected chi connectivity index (χ0v) is 25.6. The van der Waals surface area contributed by atoms with Gasteiger partial charge < -0.3 is 20.5 Å². The van der Waals surface area contributed by atoms with E-state index < -0.39 is 33.3 Å². The van der Waals surface area contributed by atoms with Gasteiger partial charge in [-0.2, -0.15) is 0 Å². The lowest BCUT2D eigenvalue weighted by atomic mass is 10.1. The fourth-order valence-electron chi connectivity index (χ4n) is 3.90. The molecule has 0 bridgehead atoms. The molecule has 0 aliphatic carbocycles. The standard InChI is InChI=1S/C30H22Cl4N2O5S/c1-2-41-19-12-8-17(9-13-19)36-29(38)27(16-6-4-3-5-7-16)42-20-14-10-18(11-15-20)35-28(37)21-22(30(39)40)24(32)26(34)25(33)23(21)31/h3-15,27H,2H2,1H3,(H,35,37)(H,36,38)(H,39,40). The van der Waals surface area contributed by atoms with E-state index in [-0.39, 0.29) is 21.0 Å². The first kappa shape index (κ1) is 31.5. The Labute approximate surface area is 266 Å². The minimum Gasteiger partial charge on any atom is -0.494 e. The van der Waals surface area contributed by atoms with Crippen molar-refractivity contribution >= 4 is 87.3 Å². The van der Waals surface area contributed by atoms with Gasteiger partial charge >= 0.3 is 5.97 Å². The number of nitrogens with one attached hydrogen (secondary N) is 2. The largest absolute Gasteiger partial charge is 0.494 e. The van der Waals surface area contributed by atoms with Crippen LogP contribution in [0.15, 0.2) is 83.8 Å². The lowest BCUT2D eigenvalue weighted by molar-refractivity contribution is -0.115. The van der Waals surface area contributed by atoms with Crippen molar-refractivity contribution in [2.24, 2.45) is 0 Å². The van der Waals surface area contributed by atoms with Crippen LogP contribution in [0.3, 0.4) is 0 Å². The first-order valence-corrected chi connectivity index (χ1v) is 14.8. The van der Waals surface area contributed by atoms with Gasteiger partial charge in [0.2, 0.25) is 5.91 Å². The molecule has 4 aromatic rings. The quantitative estimate of drug-likeness (QED) is 0.0888. The minimum atomic E-state index is -1.49. The first-order chi connectivity index (χ1) is 20.1. The number of hydrogen-bond donors (Lipinski definition) is 3. The van der Waals surface area contributed by atoms with E-state index in [0.29, 0.717) is 23.7 Å². The van der Waals surface area contributed by atoms with Crippen LogP contribution in [0.25, 0.3) is 0 Å². The summed E-state index contributed by atoms with van der Waals surface area (Å²) < 4.78 is 5.46. The van der Waals surface area contributed by atoms with E-state index in [2.05, 4.69) is 10.6 Å². The fraction of sp³-hybridized carbons (Fsp3) is 0.100. The third-order valence-corrected chi connectivity index (χ3v) is 8.92. The van der Waals surface area contributed by atoms with Crippen molar-refractivity contribution in [1.82, 2.24) is 0 Å². The molecule has 1 atom stereocenters. The molecule has 0 fully saturated rings. The molecular formula is C30H22Cl4N2O5S. The summed E-state index contributed by atoms with van der Waals surface area (Å²) >= 11 is 25.6. The summed E-state index contributed by atoms with van der Waals surface area (Å²) in [6.45, 7) is 2.44. The number of carbonyl (C=O) groups excluding carboxylic acids is 2. The highest BCUT2D eigenvalue weighted by atomic mass is 35.5. The maximum Gasteiger partial charge on any atom is 0.338 e. The Morgan fingerprint density at radius 2 is 1.31 bits per heavy atom. The summed E-state index contributed by atoms with van der Waals surface area (Å²) in [7, 11) is 0. The maximum absolute atomic E-state index is 13.4. The molecule has 3 N–H and O–H groups in total. The molecule has 216 valence electrons. The summed E-state index contributed by atoms with van der Waals surface area (Å²) in [5.41, 5.74) is 0.789. The van der Waals surface area contributed by atoms with Crippen molar-refractivity contribution in [3.63, 3.8) is 0 Å². The summed E-state index contributed by atoms with van der Waals surface area (Å²) in [5.74, 6) is -1.84. The van der Waals surface area contributed by atoms with Gasteiger partial charge in [0.15, 0.2) is 0 Å². The SMILES string of the molecule is CCOc1ccc(NC(=O)C(Sc2ccc(NC(=O)c3c(Cl)c(Cl)c(Cl)c(Cl)c3C(=O)O)cc2)c2ccccc2)cc1. The van der Waals surface area contributed by atoms with Crippen molar-refractivity contribution in [2.45, 2.75) is 17.1 Å². The normalized spacial score (nSPS) is 11.5. The Morgan fingerprint density at radius 3 is 1.88 bits per heavy atom. The average molecular weight is 664 g/mol. The van der Waals surface area contributed by atoms with Crippen LogP contribution in [0.5, 0.6) is 5.75 Å². The monoisotopic (exact) mass is 662 g/mol. The van der Waals surface area contributed by atoms with Gasteiger partial charge in [0.05, 0.1) is 37.8 Å². The number of ether oxygens (including phenoxy) is 1. The van der Waals surface area contributed by atoms with Crippen molar-refractivity contribution in [3.05, 3.63) is 116 Å². The molecule has 0 saturated carbocycles. The molecule has 0 spiro atoms. The second-order valence-electron chi connectivity index (χ2n) is 8.64. The molecule has 0 heterocycles. The number of halogens is 4. The Hall–Kier alpha value is -3.40. The molecule has 7 nitrogen and oxygen atoms in total. The summed E-state index contributed by atoms with van der Waals surface area (Å²) in [6.07, 6.45) is 0. The van der Waals surface area contributed by atoms with E-state index in [1.165, 1.54) is 11.8 Å². The van der Waals surface area contributed by atoms with Crippen molar-refractivity contribution in [1.29, 1.82) is 0 Å². The third kappa shape index (κ3) is 7.32. The van der Waals surface area contributed by atoms with Gasteiger partial charge in [0, 0.05) is 16.3 Å². The highest BCUT2D eigenvalue weighted by Gasteiger charge is 2.29. The highest BCUT2D eigenvalue weighted by molar-refractivity contribution is 8.00. The van der Waals surface area contributed by atoms with Crippen molar-refractivity contribution in [3.8, 4) is 5.75 Å². The number of aromatic carboxylic acids is 1. The van der Waals surface area contributed by atoms with E-state index in [9.17, 15) is 19.5 Å². The Bertz CT molecular complexity index is 1620. The molecule has 0 saturated heterocycles. The fourth-order valence-corrected chi connectivity index (χ4v) is 5.95. The third-order valence-electron chi connectivity index (χ3n) is 5.85. The number of carboxylic acid groups (broad SMARTS) is 1. The highest BCUT2D eigenvalue weighted by Crippen LogP contribution is 2.42. The number of carboxylic acids is 1. The Morgan fingerprint density at radius 1 is 0.762 bits per heavy atom. The minimum absolute atomic E-state index is 0.222. The Balaban J connectivity index is 1.53. The van der Waals surface area contributed by atoms with Crippen LogP contribution in [0, 0.1) is 0 Å². The predicted molar refractivity (Wildman–Crippen MR) is 169 cm³/mol. The average Bonchev–Trinajstić information content (AvgIpc) is 2.98. The van der Waals surface area contributed by atoms with E-state index in [0.717, 1.165) is 10.5 Å².